The first kappa shape index (κ1) is 20.6. The summed E-state index contributed by atoms with van der Waals surface area (Å²) in [6, 6.07) is 17.5. The predicted octanol–water partition coefficient (Wildman–Crippen LogP) is 3.21. The third-order valence-electron chi connectivity index (χ3n) is 4.78. The maximum absolute atomic E-state index is 12.6. The molecular weight excluding hydrogens is 364 g/mol. The highest BCUT2D eigenvalue weighted by Crippen LogP contribution is 2.19. The molecule has 0 unspecified atom stereocenters. The van der Waals surface area contributed by atoms with E-state index < -0.39 is 5.69 Å². The van der Waals surface area contributed by atoms with Crippen LogP contribution in [0.25, 0.3) is 10.9 Å². The molecule has 1 heterocycles. The maximum Gasteiger partial charge on any atom is 0.350 e. The third-order valence-corrected chi connectivity index (χ3v) is 4.78. The second-order valence-electron chi connectivity index (χ2n) is 7.54. The minimum atomic E-state index is -0.422. The second-order valence-corrected chi connectivity index (χ2v) is 7.54. The van der Waals surface area contributed by atoms with E-state index in [1.165, 1.54) is 4.57 Å². The fourth-order valence-corrected chi connectivity index (χ4v) is 3.19. The van der Waals surface area contributed by atoms with E-state index in [4.69, 9.17) is 0 Å². The number of nitrogens with one attached hydrogen (secondary N) is 2. The zero-order valence-corrected chi connectivity index (χ0v) is 17.0. The van der Waals surface area contributed by atoms with Gasteiger partial charge in [0, 0.05) is 18.5 Å². The van der Waals surface area contributed by atoms with Crippen molar-refractivity contribution in [3.63, 3.8) is 0 Å². The van der Waals surface area contributed by atoms with Gasteiger partial charge in [-0.3, -0.25) is 9.36 Å². The van der Waals surface area contributed by atoms with Crippen LogP contribution in [0.3, 0.4) is 0 Å². The zero-order valence-electron chi connectivity index (χ0n) is 17.0. The van der Waals surface area contributed by atoms with Crippen LogP contribution in [-0.4, -0.2) is 28.5 Å². The van der Waals surface area contributed by atoms with Crippen LogP contribution in [0.1, 0.15) is 25.8 Å². The van der Waals surface area contributed by atoms with Crippen LogP contribution in [0.5, 0.6) is 0 Å². The number of carbonyl (C=O) groups is 1. The molecule has 1 amide bonds. The minimum Gasteiger partial charge on any atom is -0.369 e. The van der Waals surface area contributed by atoms with Crippen molar-refractivity contribution in [2.45, 2.75) is 33.2 Å². The number of para-hydroxylation sites is 1. The Hall–Kier alpha value is -3.15. The normalized spacial score (nSPS) is 11.0. The number of nitrogens with zero attached hydrogens (tertiary/aromatic N) is 2. The molecule has 29 heavy (non-hydrogen) atoms. The topological polar surface area (TPSA) is 76.0 Å². The van der Waals surface area contributed by atoms with E-state index >= 15 is 0 Å². The summed E-state index contributed by atoms with van der Waals surface area (Å²) >= 11 is 0. The van der Waals surface area contributed by atoms with Gasteiger partial charge < -0.3 is 10.6 Å². The summed E-state index contributed by atoms with van der Waals surface area (Å²) in [6.07, 6.45) is 1.74. The standard InChI is InChI=1S/C23H28N4O2/c1-17(2)12-14-25-22-19-10-6-7-11-20(19)27(23(29)26-22)16-21(28)24-15-13-18-8-4-3-5-9-18/h3-11,17H,12-16H2,1-2H3,(H,24,28)(H,25,26,29). The molecular formula is C23H28N4O2. The van der Waals surface area contributed by atoms with Gasteiger partial charge in [-0.15, -0.1) is 0 Å². The first-order valence-electron chi connectivity index (χ1n) is 10.1. The minimum absolute atomic E-state index is 0.0482. The van der Waals surface area contributed by atoms with E-state index in [0.717, 1.165) is 30.3 Å². The first-order valence-corrected chi connectivity index (χ1v) is 10.1. The Kier molecular flexibility index (Phi) is 7.00. The Bertz CT molecular complexity index is 1010. The lowest BCUT2D eigenvalue weighted by Gasteiger charge is -2.14. The van der Waals surface area contributed by atoms with Crippen molar-refractivity contribution in [1.29, 1.82) is 0 Å². The first-order chi connectivity index (χ1) is 14.0. The van der Waals surface area contributed by atoms with E-state index in [-0.39, 0.29) is 12.5 Å². The van der Waals surface area contributed by atoms with E-state index in [9.17, 15) is 9.59 Å². The Balaban J connectivity index is 1.71. The van der Waals surface area contributed by atoms with Crippen LogP contribution in [0.15, 0.2) is 59.4 Å². The average Bonchev–Trinajstić information content (AvgIpc) is 2.71. The molecule has 0 bridgehead atoms. The quantitative estimate of drug-likeness (QED) is 0.586. The van der Waals surface area contributed by atoms with Crippen molar-refractivity contribution in [3.05, 3.63) is 70.6 Å². The third kappa shape index (κ3) is 5.67. The second kappa shape index (κ2) is 9.87. The summed E-state index contributed by atoms with van der Waals surface area (Å²) in [5.74, 6) is 0.941. The highest BCUT2D eigenvalue weighted by atomic mass is 16.2. The summed E-state index contributed by atoms with van der Waals surface area (Å²) in [5.41, 5.74) is 1.45. The molecule has 0 spiro atoms. The van der Waals surface area contributed by atoms with Gasteiger partial charge in [0.15, 0.2) is 0 Å². The van der Waals surface area contributed by atoms with Crippen molar-refractivity contribution in [1.82, 2.24) is 14.9 Å². The Morgan fingerprint density at radius 1 is 1.03 bits per heavy atom. The summed E-state index contributed by atoms with van der Waals surface area (Å²) in [5, 5.41) is 7.00. The van der Waals surface area contributed by atoms with Crippen molar-refractivity contribution in [2.24, 2.45) is 5.92 Å². The van der Waals surface area contributed by atoms with Crippen molar-refractivity contribution < 1.29 is 4.79 Å². The smallest absolute Gasteiger partial charge is 0.350 e. The van der Waals surface area contributed by atoms with Gasteiger partial charge in [0.25, 0.3) is 0 Å². The SMILES string of the molecule is CC(C)CCNc1nc(=O)n(CC(=O)NCCc2ccccc2)c2ccccc12. The fourth-order valence-electron chi connectivity index (χ4n) is 3.19. The molecule has 6 heteroatoms. The molecule has 1 aromatic heterocycles. The van der Waals surface area contributed by atoms with Crippen LogP contribution >= 0.6 is 0 Å². The highest BCUT2D eigenvalue weighted by molar-refractivity contribution is 5.90. The number of fused-ring (bicyclic) bond motifs is 1. The number of carbonyl (C=O) groups excluding carboxylic acids is 1. The molecule has 3 aromatic rings. The van der Waals surface area contributed by atoms with Gasteiger partial charge >= 0.3 is 5.69 Å². The monoisotopic (exact) mass is 392 g/mol. The van der Waals surface area contributed by atoms with Crippen molar-refractivity contribution in [3.8, 4) is 0 Å². The number of aromatic nitrogens is 2. The molecule has 2 N–H and O–H groups in total. The Morgan fingerprint density at radius 3 is 2.52 bits per heavy atom. The number of anilines is 1. The van der Waals surface area contributed by atoms with E-state index in [2.05, 4.69) is 29.5 Å². The Labute approximate surface area is 171 Å². The number of hydrogen-bond acceptors (Lipinski definition) is 4. The number of benzene rings is 2. The molecule has 0 saturated carbocycles. The lowest BCUT2D eigenvalue weighted by Crippen LogP contribution is -2.34. The summed E-state index contributed by atoms with van der Waals surface area (Å²) < 4.78 is 1.43. The van der Waals surface area contributed by atoms with Crippen molar-refractivity contribution >= 4 is 22.6 Å². The van der Waals surface area contributed by atoms with Crippen molar-refractivity contribution in [2.75, 3.05) is 18.4 Å². The van der Waals surface area contributed by atoms with Crippen LogP contribution in [-0.2, 0) is 17.8 Å². The van der Waals surface area contributed by atoms with Gasteiger partial charge in [-0.25, -0.2) is 4.79 Å². The van der Waals surface area contributed by atoms with E-state index in [1.54, 1.807) is 0 Å². The van der Waals surface area contributed by atoms with Crippen LogP contribution in [0.2, 0.25) is 0 Å². The largest absolute Gasteiger partial charge is 0.369 e. The number of rotatable bonds is 9. The van der Waals surface area contributed by atoms with E-state index in [1.807, 2.05) is 54.6 Å². The molecule has 0 atom stereocenters. The maximum atomic E-state index is 12.6. The van der Waals surface area contributed by atoms with Crippen LogP contribution in [0, 0.1) is 5.92 Å². The van der Waals surface area contributed by atoms with Gasteiger partial charge in [0.2, 0.25) is 5.91 Å². The highest BCUT2D eigenvalue weighted by Gasteiger charge is 2.13. The van der Waals surface area contributed by atoms with Gasteiger partial charge in [-0.1, -0.05) is 56.3 Å². The van der Waals surface area contributed by atoms with Gasteiger partial charge in [0.1, 0.15) is 12.4 Å². The summed E-state index contributed by atoms with van der Waals surface area (Å²) in [7, 11) is 0. The molecule has 152 valence electrons. The van der Waals surface area contributed by atoms with Gasteiger partial charge in [0.05, 0.1) is 5.52 Å². The molecule has 0 fully saturated rings. The molecule has 3 rings (SSSR count). The summed E-state index contributed by atoms with van der Waals surface area (Å²) in [4.78, 5) is 29.2. The molecule has 6 nitrogen and oxygen atoms in total. The fraction of sp³-hybridized carbons (Fsp3) is 0.348. The lowest BCUT2D eigenvalue weighted by molar-refractivity contribution is -0.121. The molecule has 0 radical (unpaired) electrons. The average molecular weight is 393 g/mol. The van der Waals surface area contributed by atoms with E-state index in [0.29, 0.717) is 23.8 Å². The molecule has 0 aliphatic carbocycles. The molecule has 0 saturated heterocycles. The molecule has 0 aliphatic rings. The number of hydrogen-bond donors (Lipinski definition) is 2. The van der Waals surface area contributed by atoms with Crippen LogP contribution in [0.4, 0.5) is 5.82 Å². The zero-order chi connectivity index (χ0) is 20.6. The van der Waals surface area contributed by atoms with Gasteiger partial charge in [-0.05, 0) is 36.5 Å². The predicted molar refractivity (Wildman–Crippen MR) is 117 cm³/mol. The summed E-state index contributed by atoms with van der Waals surface area (Å²) in [6.45, 7) is 5.53. The number of amides is 1. The molecule has 0 aliphatic heterocycles. The van der Waals surface area contributed by atoms with Crippen LogP contribution < -0.4 is 16.3 Å². The van der Waals surface area contributed by atoms with Gasteiger partial charge in [-0.2, -0.15) is 4.98 Å². The molecule has 2 aromatic carbocycles. The Morgan fingerprint density at radius 2 is 1.76 bits per heavy atom. The lowest BCUT2D eigenvalue weighted by atomic mass is 10.1.